The topological polar surface area (TPSA) is 123 Å². The van der Waals surface area contributed by atoms with Gasteiger partial charge in [-0.05, 0) is 54.1 Å². The van der Waals surface area contributed by atoms with Crippen LogP contribution in [0.1, 0.15) is 15.9 Å². The average Bonchev–Trinajstić information content (AvgIpc) is 2.78. The van der Waals surface area contributed by atoms with Gasteiger partial charge < -0.3 is 10.1 Å². The molecule has 0 spiro atoms. The van der Waals surface area contributed by atoms with Crippen LogP contribution in [0.25, 0.3) is 0 Å². The Balaban J connectivity index is 1.47. The maximum absolute atomic E-state index is 12.0. The third kappa shape index (κ3) is 6.74. The second-order valence-corrected chi connectivity index (χ2v) is 7.34. The molecule has 3 aromatic carbocycles. The van der Waals surface area contributed by atoms with E-state index >= 15 is 0 Å². The van der Waals surface area contributed by atoms with E-state index in [9.17, 15) is 19.7 Å². The van der Waals surface area contributed by atoms with Gasteiger partial charge in [-0.3, -0.25) is 19.7 Å². The number of nitro benzene ring substituents is 1. The second kappa shape index (κ2) is 10.8. The zero-order valence-electron chi connectivity index (χ0n) is 16.5. The fourth-order valence-electron chi connectivity index (χ4n) is 2.55. The predicted molar refractivity (Wildman–Crippen MR) is 123 cm³/mol. The molecule has 3 rings (SSSR count). The summed E-state index contributed by atoms with van der Waals surface area (Å²) in [5.74, 6) is -0.335. The van der Waals surface area contributed by atoms with Gasteiger partial charge in [-0.15, -0.1) is 0 Å². The molecule has 32 heavy (non-hydrogen) atoms. The second-order valence-electron chi connectivity index (χ2n) is 6.42. The number of amides is 2. The first-order chi connectivity index (χ1) is 15.4. The lowest BCUT2D eigenvalue weighted by Gasteiger charge is -2.07. The van der Waals surface area contributed by atoms with Gasteiger partial charge in [0.25, 0.3) is 17.5 Å². The lowest BCUT2D eigenvalue weighted by atomic mass is 10.2. The molecule has 0 unspecified atom stereocenters. The average molecular weight is 497 g/mol. The molecule has 0 aliphatic rings. The first-order valence-corrected chi connectivity index (χ1v) is 10.1. The van der Waals surface area contributed by atoms with Gasteiger partial charge in [0.2, 0.25) is 0 Å². The van der Waals surface area contributed by atoms with Crippen molar-refractivity contribution in [3.8, 4) is 5.75 Å². The number of rotatable bonds is 8. The molecular weight excluding hydrogens is 480 g/mol. The summed E-state index contributed by atoms with van der Waals surface area (Å²) in [5, 5.41) is 17.3. The third-order valence-electron chi connectivity index (χ3n) is 4.06. The zero-order valence-corrected chi connectivity index (χ0v) is 18.1. The molecule has 0 aliphatic carbocycles. The molecule has 0 bridgehead atoms. The van der Waals surface area contributed by atoms with Crippen molar-refractivity contribution in [1.82, 2.24) is 5.43 Å². The molecule has 0 fully saturated rings. The van der Waals surface area contributed by atoms with Crippen LogP contribution in [-0.4, -0.2) is 29.6 Å². The molecule has 3 aromatic rings. The molecule has 0 aromatic heterocycles. The van der Waals surface area contributed by atoms with Crippen molar-refractivity contribution in [2.75, 3.05) is 11.9 Å². The fraction of sp³-hybridized carbons (Fsp3) is 0.0455. The minimum atomic E-state index is -0.539. The van der Waals surface area contributed by atoms with Crippen molar-refractivity contribution in [2.45, 2.75) is 0 Å². The molecule has 10 heteroatoms. The van der Waals surface area contributed by atoms with Gasteiger partial charge in [-0.1, -0.05) is 28.1 Å². The highest BCUT2D eigenvalue weighted by atomic mass is 79.9. The molecule has 0 atom stereocenters. The van der Waals surface area contributed by atoms with Gasteiger partial charge >= 0.3 is 0 Å². The number of benzene rings is 3. The standard InChI is InChI=1S/C22H17BrN4O5/c23-17-4-1-3-16(11-17)22(29)26-24-13-15-7-9-20(10-8-15)32-14-21(28)25-18-5-2-6-19(12-18)27(30)31/h1-13H,14H2,(H,25,28)(H,26,29). The van der Waals surface area contributed by atoms with Crippen molar-refractivity contribution < 1.29 is 19.2 Å². The summed E-state index contributed by atoms with van der Waals surface area (Å²) in [7, 11) is 0. The van der Waals surface area contributed by atoms with Crippen LogP contribution in [0.5, 0.6) is 5.75 Å². The van der Waals surface area contributed by atoms with E-state index in [1.165, 1.54) is 24.4 Å². The number of carbonyl (C=O) groups is 2. The molecule has 2 N–H and O–H groups in total. The number of nitro groups is 1. The summed E-state index contributed by atoms with van der Waals surface area (Å²) in [6.07, 6.45) is 1.48. The van der Waals surface area contributed by atoms with E-state index in [1.807, 2.05) is 6.07 Å². The first-order valence-electron chi connectivity index (χ1n) is 9.27. The minimum absolute atomic E-state index is 0.117. The molecular formula is C22H17BrN4O5. The van der Waals surface area contributed by atoms with Crippen LogP contribution < -0.4 is 15.5 Å². The summed E-state index contributed by atoms with van der Waals surface area (Å²) in [5.41, 5.74) is 3.83. The highest BCUT2D eigenvalue weighted by molar-refractivity contribution is 9.10. The Hall–Kier alpha value is -4.05. The van der Waals surface area contributed by atoms with Crippen LogP contribution in [0.4, 0.5) is 11.4 Å². The molecule has 0 saturated heterocycles. The minimum Gasteiger partial charge on any atom is -0.484 e. The van der Waals surface area contributed by atoms with E-state index in [0.717, 1.165) is 4.47 Å². The predicted octanol–water partition coefficient (Wildman–Crippen LogP) is 4.14. The zero-order chi connectivity index (χ0) is 22.9. The lowest BCUT2D eigenvalue weighted by Crippen LogP contribution is -2.20. The number of hydrogen-bond acceptors (Lipinski definition) is 6. The van der Waals surface area contributed by atoms with Gasteiger partial charge in [0, 0.05) is 27.9 Å². The Bertz CT molecular complexity index is 1160. The van der Waals surface area contributed by atoms with Gasteiger partial charge in [0.15, 0.2) is 6.61 Å². The maximum atomic E-state index is 12.0. The molecule has 2 amide bonds. The van der Waals surface area contributed by atoms with Gasteiger partial charge in [-0.2, -0.15) is 5.10 Å². The van der Waals surface area contributed by atoms with Crippen LogP contribution in [0, 0.1) is 10.1 Å². The number of hydrogen-bond donors (Lipinski definition) is 2. The van der Waals surface area contributed by atoms with E-state index in [0.29, 0.717) is 22.6 Å². The lowest BCUT2D eigenvalue weighted by molar-refractivity contribution is -0.384. The van der Waals surface area contributed by atoms with Crippen LogP contribution in [0.15, 0.2) is 82.4 Å². The largest absolute Gasteiger partial charge is 0.484 e. The number of carbonyl (C=O) groups excluding carboxylic acids is 2. The van der Waals surface area contributed by atoms with Crippen LogP contribution >= 0.6 is 15.9 Å². The quantitative estimate of drug-likeness (QED) is 0.275. The number of ether oxygens (including phenoxy) is 1. The SMILES string of the molecule is O=C(COc1ccc(C=NNC(=O)c2cccc(Br)c2)cc1)Nc1cccc([N+](=O)[O-])c1. The Labute approximate surface area is 191 Å². The Morgan fingerprint density at radius 3 is 2.53 bits per heavy atom. The number of nitrogens with zero attached hydrogens (tertiary/aromatic N) is 2. The Kier molecular flexibility index (Phi) is 7.65. The van der Waals surface area contributed by atoms with Gasteiger partial charge in [-0.25, -0.2) is 5.43 Å². The fourth-order valence-corrected chi connectivity index (χ4v) is 2.95. The number of halogens is 1. The van der Waals surface area contributed by atoms with Crippen LogP contribution in [0.2, 0.25) is 0 Å². The van der Waals surface area contributed by atoms with E-state index in [2.05, 4.69) is 31.8 Å². The highest BCUT2D eigenvalue weighted by Gasteiger charge is 2.09. The molecule has 0 heterocycles. The highest BCUT2D eigenvalue weighted by Crippen LogP contribution is 2.17. The maximum Gasteiger partial charge on any atom is 0.271 e. The molecule has 0 radical (unpaired) electrons. The number of nitrogens with one attached hydrogen (secondary N) is 2. The van der Waals surface area contributed by atoms with Crippen molar-refractivity contribution >= 4 is 45.3 Å². The monoisotopic (exact) mass is 496 g/mol. The van der Waals surface area contributed by atoms with E-state index in [1.54, 1.807) is 48.5 Å². The Morgan fingerprint density at radius 1 is 1.06 bits per heavy atom. The van der Waals surface area contributed by atoms with E-state index < -0.39 is 10.8 Å². The molecule has 162 valence electrons. The van der Waals surface area contributed by atoms with Gasteiger partial charge in [0.1, 0.15) is 5.75 Å². The summed E-state index contributed by atoms with van der Waals surface area (Å²) in [6.45, 7) is -0.265. The summed E-state index contributed by atoms with van der Waals surface area (Å²) < 4.78 is 6.21. The van der Waals surface area contributed by atoms with Crippen molar-refractivity contribution in [1.29, 1.82) is 0 Å². The number of anilines is 1. The van der Waals surface area contributed by atoms with Crippen molar-refractivity contribution in [3.63, 3.8) is 0 Å². The van der Waals surface area contributed by atoms with Crippen LogP contribution in [-0.2, 0) is 4.79 Å². The Morgan fingerprint density at radius 2 is 1.81 bits per heavy atom. The summed E-state index contributed by atoms with van der Waals surface area (Å²) >= 11 is 3.31. The smallest absolute Gasteiger partial charge is 0.271 e. The number of non-ortho nitro benzene ring substituents is 1. The van der Waals surface area contributed by atoms with Crippen molar-refractivity contribution in [3.05, 3.63) is 98.5 Å². The molecule has 9 nitrogen and oxygen atoms in total. The molecule has 0 saturated carbocycles. The van der Waals surface area contributed by atoms with Gasteiger partial charge in [0.05, 0.1) is 11.1 Å². The molecule has 0 aliphatic heterocycles. The van der Waals surface area contributed by atoms with E-state index in [4.69, 9.17) is 4.74 Å². The third-order valence-corrected chi connectivity index (χ3v) is 4.55. The summed E-state index contributed by atoms with van der Waals surface area (Å²) in [6, 6.07) is 19.3. The van der Waals surface area contributed by atoms with Crippen LogP contribution in [0.3, 0.4) is 0 Å². The van der Waals surface area contributed by atoms with Crippen molar-refractivity contribution in [2.24, 2.45) is 5.10 Å². The normalized spacial score (nSPS) is 10.5. The first kappa shape index (κ1) is 22.6. The summed E-state index contributed by atoms with van der Waals surface area (Å²) in [4.78, 5) is 34.3. The number of hydrazone groups is 1. The van der Waals surface area contributed by atoms with E-state index in [-0.39, 0.29) is 18.2 Å².